The van der Waals surface area contributed by atoms with Crippen LogP contribution >= 0.6 is 24.0 Å². The fourth-order valence-corrected chi connectivity index (χ4v) is 4.71. The average molecular weight is 473 g/mol. The maximum Gasteiger partial charge on any atom is 0.286 e. The molecule has 2 fully saturated rings. The van der Waals surface area contributed by atoms with Crippen LogP contribution in [-0.2, 0) is 16.0 Å². The normalized spacial score (nSPS) is 21.3. The van der Waals surface area contributed by atoms with Crippen molar-refractivity contribution in [1.82, 2.24) is 10.2 Å². The van der Waals surface area contributed by atoms with Gasteiger partial charge in [-0.05, 0) is 55.4 Å². The lowest BCUT2D eigenvalue weighted by Gasteiger charge is -2.23. The van der Waals surface area contributed by atoms with Gasteiger partial charge in [-0.2, -0.15) is 0 Å². The number of carbonyl (C=O) groups excluding carboxylic acids is 2. The number of hydrogen-bond acceptors (Lipinski definition) is 7. The first-order valence-electron chi connectivity index (χ1n) is 10.4. The van der Waals surface area contributed by atoms with Gasteiger partial charge in [-0.1, -0.05) is 42.1 Å². The van der Waals surface area contributed by atoms with Crippen molar-refractivity contribution in [2.24, 2.45) is 0 Å². The van der Waals surface area contributed by atoms with Gasteiger partial charge in [0.05, 0.1) is 17.8 Å². The Bertz CT molecular complexity index is 970. The summed E-state index contributed by atoms with van der Waals surface area (Å²) in [6.45, 7) is 3.56. The van der Waals surface area contributed by atoms with Crippen LogP contribution in [0.4, 0.5) is 4.79 Å². The van der Waals surface area contributed by atoms with Crippen LogP contribution in [0.5, 0.6) is 11.5 Å². The Balaban J connectivity index is 1.22. The standard InChI is InChI=1S/C23H24N2O5S2/c1-15(25-12-19(30-23(25)31)14-29-17-5-3-2-4-6-17)13-28-18-9-7-16(8-10-18)11-20-21(26)24-22(27)32-20/h2-10,15,19-20H,11-14H2,1H3,(H,24,26,27). The van der Waals surface area contributed by atoms with Crippen molar-refractivity contribution in [3.8, 4) is 11.5 Å². The highest BCUT2D eigenvalue weighted by Crippen LogP contribution is 2.24. The average Bonchev–Trinajstić information content (AvgIpc) is 3.32. The number of nitrogens with one attached hydrogen (secondary N) is 1. The van der Waals surface area contributed by atoms with Gasteiger partial charge in [0.1, 0.15) is 24.7 Å². The smallest absolute Gasteiger partial charge is 0.286 e. The highest BCUT2D eigenvalue weighted by atomic mass is 32.2. The van der Waals surface area contributed by atoms with Crippen molar-refractivity contribution in [3.05, 3.63) is 60.2 Å². The van der Waals surface area contributed by atoms with Gasteiger partial charge >= 0.3 is 0 Å². The van der Waals surface area contributed by atoms with Crippen LogP contribution in [0.1, 0.15) is 12.5 Å². The van der Waals surface area contributed by atoms with Gasteiger partial charge in [0.15, 0.2) is 6.10 Å². The number of amides is 2. The SMILES string of the molecule is CC(COc1ccc(CC2SC(=O)NC2=O)cc1)N1CC(COc2ccccc2)OC1=S. The largest absolute Gasteiger partial charge is 0.491 e. The summed E-state index contributed by atoms with van der Waals surface area (Å²) in [5, 5.41) is 2.11. The van der Waals surface area contributed by atoms with Crippen LogP contribution < -0.4 is 14.8 Å². The number of thiocarbonyl (C=S) groups is 1. The number of imide groups is 1. The van der Waals surface area contributed by atoms with Crippen molar-refractivity contribution in [2.45, 2.75) is 30.7 Å². The Kier molecular flexibility index (Phi) is 7.16. The third kappa shape index (κ3) is 5.72. The van der Waals surface area contributed by atoms with Gasteiger partial charge in [-0.3, -0.25) is 14.9 Å². The second-order valence-corrected chi connectivity index (χ2v) is 9.20. The number of para-hydroxylation sites is 1. The Hall–Kier alpha value is -2.78. The molecule has 0 saturated carbocycles. The molecule has 2 aliphatic rings. The minimum absolute atomic E-state index is 0.0356. The molecule has 0 spiro atoms. The van der Waals surface area contributed by atoms with Crippen molar-refractivity contribution in [3.63, 3.8) is 0 Å². The van der Waals surface area contributed by atoms with E-state index in [2.05, 4.69) is 5.32 Å². The molecular formula is C23H24N2O5S2. The lowest BCUT2D eigenvalue weighted by atomic mass is 10.1. The van der Waals surface area contributed by atoms with Gasteiger partial charge < -0.3 is 19.1 Å². The first-order chi connectivity index (χ1) is 15.5. The highest BCUT2D eigenvalue weighted by Gasteiger charge is 2.33. The molecule has 32 heavy (non-hydrogen) atoms. The summed E-state index contributed by atoms with van der Waals surface area (Å²) >= 11 is 6.43. The van der Waals surface area contributed by atoms with E-state index in [1.165, 1.54) is 0 Å². The second-order valence-electron chi connectivity index (χ2n) is 7.67. The highest BCUT2D eigenvalue weighted by molar-refractivity contribution is 8.15. The molecule has 0 aromatic heterocycles. The van der Waals surface area contributed by atoms with E-state index in [-0.39, 0.29) is 28.5 Å². The molecule has 0 radical (unpaired) electrons. The lowest BCUT2D eigenvalue weighted by molar-refractivity contribution is -0.118. The molecule has 168 valence electrons. The van der Waals surface area contributed by atoms with Gasteiger partial charge in [0.25, 0.3) is 10.4 Å². The number of rotatable bonds is 9. The third-order valence-electron chi connectivity index (χ3n) is 5.22. The van der Waals surface area contributed by atoms with E-state index < -0.39 is 0 Å². The van der Waals surface area contributed by atoms with Crippen LogP contribution in [0.3, 0.4) is 0 Å². The molecule has 9 heteroatoms. The predicted octanol–water partition coefficient (Wildman–Crippen LogP) is 3.41. The molecular weight excluding hydrogens is 448 g/mol. The maximum absolute atomic E-state index is 11.7. The monoisotopic (exact) mass is 472 g/mol. The number of hydrogen-bond donors (Lipinski definition) is 1. The summed E-state index contributed by atoms with van der Waals surface area (Å²) < 4.78 is 17.5. The summed E-state index contributed by atoms with van der Waals surface area (Å²) in [5.41, 5.74) is 0.975. The van der Waals surface area contributed by atoms with Gasteiger partial charge in [-0.25, -0.2) is 0 Å². The minimum Gasteiger partial charge on any atom is -0.491 e. The van der Waals surface area contributed by atoms with Gasteiger partial charge in [0, 0.05) is 0 Å². The summed E-state index contributed by atoms with van der Waals surface area (Å²) in [6.07, 6.45) is 0.382. The van der Waals surface area contributed by atoms with Crippen LogP contribution in [0.2, 0.25) is 0 Å². The van der Waals surface area contributed by atoms with Crippen LogP contribution in [0.25, 0.3) is 0 Å². The Morgan fingerprint density at radius 2 is 1.84 bits per heavy atom. The fraction of sp³-hybridized carbons (Fsp3) is 0.348. The van der Waals surface area contributed by atoms with Crippen LogP contribution in [0.15, 0.2) is 54.6 Å². The summed E-state index contributed by atoms with van der Waals surface area (Å²) in [7, 11) is 0. The van der Waals surface area contributed by atoms with Crippen LogP contribution in [-0.4, -0.2) is 58.4 Å². The molecule has 0 bridgehead atoms. The van der Waals surface area contributed by atoms with E-state index in [1.807, 2.05) is 66.4 Å². The number of carbonyl (C=O) groups is 2. The van der Waals surface area contributed by atoms with Gasteiger partial charge in [0.2, 0.25) is 5.91 Å². The van der Waals surface area contributed by atoms with E-state index in [4.69, 9.17) is 26.4 Å². The van der Waals surface area contributed by atoms with E-state index in [1.54, 1.807) is 0 Å². The van der Waals surface area contributed by atoms with E-state index in [9.17, 15) is 9.59 Å². The first-order valence-corrected chi connectivity index (χ1v) is 11.6. The molecule has 2 amide bonds. The summed E-state index contributed by atoms with van der Waals surface area (Å²) in [6, 6.07) is 17.2. The molecule has 2 saturated heterocycles. The Morgan fingerprint density at radius 1 is 1.12 bits per heavy atom. The number of ether oxygens (including phenoxy) is 3. The number of nitrogens with zero attached hydrogens (tertiary/aromatic N) is 1. The topological polar surface area (TPSA) is 77.1 Å². The second kappa shape index (κ2) is 10.2. The Labute approximate surface area is 196 Å². The number of benzene rings is 2. The van der Waals surface area contributed by atoms with Crippen molar-refractivity contribution in [2.75, 3.05) is 19.8 Å². The zero-order valence-electron chi connectivity index (χ0n) is 17.6. The molecule has 2 aromatic carbocycles. The molecule has 2 aromatic rings. The lowest BCUT2D eigenvalue weighted by Crippen LogP contribution is -2.38. The van der Waals surface area contributed by atoms with E-state index >= 15 is 0 Å². The quantitative estimate of drug-likeness (QED) is 0.557. The molecule has 7 nitrogen and oxygen atoms in total. The maximum atomic E-state index is 11.7. The minimum atomic E-state index is -0.371. The molecule has 3 unspecified atom stereocenters. The predicted molar refractivity (Wildman–Crippen MR) is 126 cm³/mol. The summed E-state index contributed by atoms with van der Waals surface area (Å²) in [4.78, 5) is 25.0. The van der Waals surface area contributed by atoms with E-state index in [0.717, 1.165) is 28.8 Å². The molecule has 2 heterocycles. The molecule has 2 aliphatic heterocycles. The summed E-state index contributed by atoms with van der Waals surface area (Å²) in [5.74, 6) is 1.31. The van der Waals surface area contributed by atoms with Crippen molar-refractivity contribution < 1.29 is 23.8 Å². The molecule has 3 atom stereocenters. The number of thioether (sulfide) groups is 1. The first kappa shape index (κ1) is 22.4. The van der Waals surface area contributed by atoms with Crippen molar-refractivity contribution in [1.29, 1.82) is 0 Å². The molecule has 0 aliphatic carbocycles. The molecule has 1 N–H and O–H groups in total. The van der Waals surface area contributed by atoms with Gasteiger partial charge in [-0.15, -0.1) is 0 Å². The van der Waals surface area contributed by atoms with E-state index in [0.29, 0.717) is 31.4 Å². The van der Waals surface area contributed by atoms with Crippen molar-refractivity contribution >= 4 is 40.3 Å². The Morgan fingerprint density at radius 3 is 2.53 bits per heavy atom. The third-order valence-corrected chi connectivity index (χ3v) is 6.53. The molecule has 4 rings (SSSR count). The zero-order chi connectivity index (χ0) is 22.5. The van der Waals surface area contributed by atoms with Crippen LogP contribution in [0, 0.1) is 0 Å². The fourth-order valence-electron chi connectivity index (χ4n) is 3.46. The zero-order valence-corrected chi connectivity index (χ0v) is 19.2.